The van der Waals surface area contributed by atoms with Crippen LogP contribution in [0.4, 0.5) is 4.79 Å². The molecule has 0 rings (SSSR count). The van der Waals surface area contributed by atoms with Crippen LogP contribution in [-0.2, 0) is 19.0 Å². The van der Waals surface area contributed by atoms with E-state index in [1.807, 2.05) is 0 Å². The zero-order valence-corrected chi connectivity index (χ0v) is 32.3. The second-order valence-corrected chi connectivity index (χ2v) is 13.8. The van der Waals surface area contributed by atoms with Gasteiger partial charge >= 0.3 is 12.1 Å². The minimum absolute atomic E-state index is 0.0206. The third-order valence-corrected chi connectivity index (χ3v) is 9.51. The molecule has 2 unspecified atom stereocenters. The number of rotatable bonds is 35. The molecule has 0 spiro atoms. The fourth-order valence-corrected chi connectivity index (χ4v) is 6.26. The van der Waals surface area contributed by atoms with Crippen molar-refractivity contribution in [3.8, 4) is 0 Å². The molecule has 0 aromatic rings. The molecular formula is C40H80N2O5. The van der Waals surface area contributed by atoms with Crippen molar-refractivity contribution in [1.82, 2.24) is 9.80 Å². The van der Waals surface area contributed by atoms with Gasteiger partial charge in [0.15, 0.2) is 0 Å². The first-order valence-electron chi connectivity index (χ1n) is 20.4. The van der Waals surface area contributed by atoms with Crippen molar-refractivity contribution >= 4 is 12.1 Å². The SMILES string of the molecule is CCCCCCC(CCCC)COC(=O)CCCCCCCCC(CCCCCC)OC(=O)OCCN(CCC)CCN(CC)CC. The Hall–Kier alpha value is -1.34. The summed E-state index contributed by atoms with van der Waals surface area (Å²) < 4.78 is 17.1. The van der Waals surface area contributed by atoms with E-state index < -0.39 is 6.16 Å². The molecule has 7 nitrogen and oxygen atoms in total. The lowest BCUT2D eigenvalue weighted by molar-refractivity contribution is -0.145. The lowest BCUT2D eigenvalue weighted by Crippen LogP contribution is -2.37. The second kappa shape index (κ2) is 34.5. The van der Waals surface area contributed by atoms with Gasteiger partial charge in [0.2, 0.25) is 0 Å². The summed E-state index contributed by atoms with van der Waals surface area (Å²) in [4.78, 5) is 29.8. The van der Waals surface area contributed by atoms with Crippen molar-refractivity contribution in [3.63, 3.8) is 0 Å². The average Bonchev–Trinajstić information content (AvgIpc) is 3.07. The van der Waals surface area contributed by atoms with Gasteiger partial charge in [-0.3, -0.25) is 9.69 Å². The molecule has 7 heteroatoms. The molecule has 280 valence electrons. The van der Waals surface area contributed by atoms with E-state index in [-0.39, 0.29) is 12.1 Å². The van der Waals surface area contributed by atoms with E-state index >= 15 is 0 Å². The molecule has 0 amide bonds. The van der Waals surface area contributed by atoms with Gasteiger partial charge in [0, 0.05) is 26.1 Å². The highest BCUT2D eigenvalue weighted by molar-refractivity contribution is 5.69. The number of unbranched alkanes of at least 4 members (excludes halogenated alkanes) is 12. The molecule has 0 heterocycles. The van der Waals surface area contributed by atoms with E-state index in [4.69, 9.17) is 14.2 Å². The van der Waals surface area contributed by atoms with Crippen LogP contribution in [-0.4, -0.2) is 80.5 Å². The van der Waals surface area contributed by atoms with Gasteiger partial charge in [-0.2, -0.15) is 0 Å². The van der Waals surface area contributed by atoms with E-state index in [1.165, 1.54) is 70.6 Å². The largest absolute Gasteiger partial charge is 0.508 e. The number of esters is 1. The Balaban J connectivity index is 4.31. The first kappa shape index (κ1) is 45.7. The standard InChI is InChI=1S/C40H80N2O5/c1-7-13-16-22-27-37(26-15-9-3)36-46-39(43)30-25-21-19-18-20-24-29-38(28-23-17-14-8-2)47-40(44)45-35-34-42(31-10-4)33-32-41(11-5)12-6/h37-38H,7-36H2,1-6H3. The van der Waals surface area contributed by atoms with Gasteiger partial charge in [0.1, 0.15) is 12.7 Å². The predicted octanol–water partition coefficient (Wildman–Crippen LogP) is 11.0. The number of carbonyl (C=O) groups excluding carboxylic acids is 2. The van der Waals surface area contributed by atoms with E-state index in [0.29, 0.717) is 25.6 Å². The molecule has 47 heavy (non-hydrogen) atoms. The van der Waals surface area contributed by atoms with Crippen molar-refractivity contribution in [1.29, 1.82) is 0 Å². The van der Waals surface area contributed by atoms with Gasteiger partial charge in [-0.25, -0.2) is 4.79 Å². The normalized spacial score (nSPS) is 12.9. The summed E-state index contributed by atoms with van der Waals surface area (Å²) in [6.07, 6.45) is 23.9. The maximum Gasteiger partial charge on any atom is 0.508 e. The maximum atomic E-state index is 12.6. The van der Waals surface area contributed by atoms with Crippen LogP contribution >= 0.6 is 0 Å². The molecule has 0 saturated carbocycles. The summed E-state index contributed by atoms with van der Waals surface area (Å²) in [6.45, 7) is 20.2. The van der Waals surface area contributed by atoms with Gasteiger partial charge in [-0.15, -0.1) is 0 Å². The van der Waals surface area contributed by atoms with Crippen LogP contribution in [0, 0.1) is 5.92 Å². The Labute approximate surface area is 292 Å². The van der Waals surface area contributed by atoms with Crippen LogP contribution in [0.1, 0.15) is 183 Å². The van der Waals surface area contributed by atoms with Crippen molar-refractivity contribution in [2.75, 3.05) is 52.5 Å². The number of hydrogen-bond acceptors (Lipinski definition) is 7. The van der Waals surface area contributed by atoms with Crippen LogP contribution in [0.3, 0.4) is 0 Å². The Morgan fingerprint density at radius 1 is 0.511 bits per heavy atom. The third-order valence-electron chi connectivity index (χ3n) is 9.51. The van der Waals surface area contributed by atoms with Crippen LogP contribution in [0.25, 0.3) is 0 Å². The van der Waals surface area contributed by atoms with E-state index in [0.717, 1.165) is 103 Å². The van der Waals surface area contributed by atoms with Crippen molar-refractivity contribution in [2.45, 2.75) is 189 Å². The Kier molecular flexibility index (Phi) is 33.5. The Morgan fingerprint density at radius 3 is 1.64 bits per heavy atom. The fourth-order valence-electron chi connectivity index (χ4n) is 6.26. The van der Waals surface area contributed by atoms with Gasteiger partial charge in [0.25, 0.3) is 0 Å². The monoisotopic (exact) mass is 669 g/mol. The summed E-state index contributed by atoms with van der Waals surface area (Å²) in [7, 11) is 0. The van der Waals surface area contributed by atoms with E-state index in [9.17, 15) is 9.59 Å². The summed E-state index contributed by atoms with van der Waals surface area (Å²) >= 11 is 0. The highest BCUT2D eigenvalue weighted by atomic mass is 16.7. The molecule has 0 radical (unpaired) electrons. The lowest BCUT2D eigenvalue weighted by Gasteiger charge is -2.26. The quantitative estimate of drug-likeness (QED) is 0.0492. The third kappa shape index (κ3) is 29.3. The number of nitrogens with zero attached hydrogens (tertiary/aromatic N) is 2. The average molecular weight is 669 g/mol. The van der Waals surface area contributed by atoms with Crippen molar-refractivity contribution in [3.05, 3.63) is 0 Å². The minimum atomic E-state index is -0.509. The first-order chi connectivity index (χ1) is 22.9. The van der Waals surface area contributed by atoms with E-state index in [1.54, 1.807) is 0 Å². The highest BCUT2D eigenvalue weighted by Crippen LogP contribution is 2.19. The zero-order valence-electron chi connectivity index (χ0n) is 32.3. The van der Waals surface area contributed by atoms with Crippen LogP contribution in [0.15, 0.2) is 0 Å². The van der Waals surface area contributed by atoms with Crippen LogP contribution in [0.2, 0.25) is 0 Å². The minimum Gasteiger partial charge on any atom is -0.465 e. The Morgan fingerprint density at radius 2 is 1.04 bits per heavy atom. The molecule has 2 atom stereocenters. The summed E-state index contributed by atoms with van der Waals surface area (Å²) in [6, 6.07) is 0. The maximum absolute atomic E-state index is 12.6. The molecule has 0 aromatic heterocycles. The van der Waals surface area contributed by atoms with Gasteiger partial charge in [-0.1, -0.05) is 125 Å². The summed E-state index contributed by atoms with van der Waals surface area (Å²) in [5.41, 5.74) is 0. The topological polar surface area (TPSA) is 68.3 Å². The summed E-state index contributed by atoms with van der Waals surface area (Å²) in [5.74, 6) is 0.508. The number of carbonyl (C=O) groups is 2. The molecule has 0 saturated heterocycles. The number of hydrogen-bond donors (Lipinski definition) is 0. The molecule has 0 aliphatic rings. The molecular weight excluding hydrogens is 588 g/mol. The van der Waals surface area contributed by atoms with Crippen molar-refractivity contribution < 1.29 is 23.8 Å². The van der Waals surface area contributed by atoms with Gasteiger partial charge in [0.05, 0.1) is 6.61 Å². The lowest BCUT2D eigenvalue weighted by atomic mass is 9.96. The van der Waals surface area contributed by atoms with Crippen molar-refractivity contribution in [2.24, 2.45) is 5.92 Å². The summed E-state index contributed by atoms with van der Waals surface area (Å²) in [5, 5.41) is 0. The van der Waals surface area contributed by atoms with Gasteiger partial charge < -0.3 is 19.1 Å². The Bertz CT molecular complexity index is 688. The first-order valence-corrected chi connectivity index (χ1v) is 20.4. The number of likely N-dealkylation sites (N-methyl/N-ethyl adjacent to an activating group) is 1. The highest BCUT2D eigenvalue weighted by Gasteiger charge is 2.17. The van der Waals surface area contributed by atoms with Crippen LogP contribution in [0.5, 0.6) is 0 Å². The second-order valence-electron chi connectivity index (χ2n) is 13.8. The number of ether oxygens (including phenoxy) is 3. The molecule has 0 aliphatic heterocycles. The van der Waals surface area contributed by atoms with Gasteiger partial charge in [-0.05, 0) is 76.9 Å². The molecule has 0 aliphatic carbocycles. The predicted molar refractivity (Wildman–Crippen MR) is 199 cm³/mol. The zero-order chi connectivity index (χ0) is 34.8. The molecule has 0 bridgehead atoms. The van der Waals surface area contributed by atoms with Crippen LogP contribution < -0.4 is 0 Å². The smallest absolute Gasteiger partial charge is 0.465 e. The molecule has 0 aromatic carbocycles. The van der Waals surface area contributed by atoms with E-state index in [2.05, 4.69) is 51.3 Å². The molecule has 0 fully saturated rings. The molecule has 0 N–H and O–H groups in total. The fraction of sp³-hybridized carbons (Fsp3) is 0.950.